The maximum absolute atomic E-state index is 13.5. The lowest BCUT2D eigenvalue weighted by molar-refractivity contribution is -0.145. The van der Waals surface area contributed by atoms with Crippen LogP contribution in [0.2, 0.25) is 0 Å². The van der Waals surface area contributed by atoms with E-state index in [0.29, 0.717) is 5.57 Å². The van der Waals surface area contributed by atoms with Crippen LogP contribution in [-0.4, -0.2) is 25.0 Å². The summed E-state index contributed by atoms with van der Waals surface area (Å²) in [5.41, 5.74) is 0.330. The van der Waals surface area contributed by atoms with E-state index in [0.717, 1.165) is 12.1 Å². The highest BCUT2D eigenvalue weighted by Gasteiger charge is 2.22. The van der Waals surface area contributed by atoms with Gasteiger partial charge >= 0.3 is 5.97 Å². The Morgan fingerprint density at radius 1 is 1.33 bits per heavy atom. The third-order valence-corrected chi connectivity index (χ3v) is 2.77. The minimum Gasteiger partial charge on any atom is -0.467 e. The zero-order valence-corrected chi connectivity index (χ0v) is 11.9. The SMILES string of the molecule is C=C(C)C[C@@H](NC(=O)Cc1c(F)cccc1F)C(=O)OC. The van der Waals surface area contributed by atoms with Gasteiger partial charge in [0.1, 0.15) is 17.7 Å². The third kappa shape index (κ3) is 4.98. The van der Waals surface area contributed by atoms with Crippen LogP contribution in [0.15, 0.2) is 30.4 Å². The van der Waals surface area contributed by atoms with Crippen LogP contribution in [0.4, 0.5) is 8.78 Å². The highest BCUT2D eigenvalue weighted by molar-refractivity contribution is 5.85. The number of carbonyl (C=O) groups is 2. The number of rotatable bonds is 6. The van der Waals surface area contributed by atoms with Gasteiger partial charge in [0, 0.05) is 5.56 Å². The van der Waals surface area contributed by atoms with Crippen LogP contribution in [0.1, 0.15) is 18.9 Å². The molecule has 1 aromatic carbocycles. The zero-order chi connectivity index (χ0) is 16.0. The molecule has 1 N–H and O–H groups in total. The Morgan fingerprint density at radius 2 is 1.90 bits per heavy atom. The quantitative estimate of drug-likeness (QED) is 0.646. The molecular weight excluding hydrogens is 280 g/mol. The fourth-order valence-electron chi connectivity index (χ4n) is 1.79. The Labute approximate surface area is 121 Å². The van der Waals surface area contributed by atoms with E-state index in [9.17, 15) is 18.4 Å². The van der Waals surface area contributed by atoms with Crippen molar-refractivity contribution in [3.63, 3.8) is 0 Å². The Balaban J connectivity index is 2.78. The summed E-state index contributed by atoms with van der Waals surface area (Å²) < 4.78 is 31.5. The third-order valence-electron chi connectivity index (χ3n) is 2.77. The van der Waals surface area contributed by atoms with Gasteiger partial charge in [-0.1, -0.05) is 11.6 Å². The lowest BCUT2D eigenvalue weighted by Crippen LogP contribution is -2.42. The number of nitrogens with one attached hydrogen (secondary N) is 1. The summed E-state index contributed by atoms with van der Waals surface area (Å²) in [7, 11) is 1.19. The summed E-state index contributed by atoms with van der Waals surface area (Å²) in [5, 5.41) is 2.39. The number of halogens is 2. The number of carbonyl (C=O) groups excluding carboxylic acids is 2. The first-order valence-electron chi connectivity index (χ1n) is 6.29. The molecule has 21 heavy (non-hydrogen) atoms. The zero-order valence-electron chi connectivity index (χ0n) is 11.9. The average Bonchev–Trinajstić information content (AvgIpc) is 2.41. The molecule has 0 aromatic heterocycles. The molecule has 6 heteroatoms. The molecule has 0 bridgehead atoms. The van der Waals surface area contributed by atoms with E-state index in [1.54, 1.807) is 6.92 Å². The molecule has 0 saturated carbocycles. The molecule has 0 saturated heterocycles. The summed E-state index contributed by atoms with van der Waals surface area (Å²) >= 11 is 0. The van der Waals surface area contributed by atoms with Crippen LogP contribution in [-0.2, 0) is 20.7 Å². The molecule has 0 heterocycles. The van der Waals surface area contributed by atoms with Crippen molar-refractivity contribution in [1.82, 2.24) is 5.32 Å². The van der Waals surface area contributed by atoms with E-state index in [2.05, 4.69) is 16.6 Å². The van der Waals surface area contributed by atoms with Gasteiger partial charge in [-0.25, -0.2) is 13.6 Å². The molecule has 0 spiro atoms. The molecule has 114 valence electrons. The Bertz CT molecular complexity index is 538. The number of benzene rings is 1. The van der Waals surface area contributed by atoms with Crippen LogP contribution >= 0.6 is 0 Å². The first-order chi connectivity index (χ1) is 9.85. The lowest BCUT2D eigenvalue weighted by Gasteiger charge is -2.16. The molecule has 0 radical (unpaired) electrons. The summed E-state index contributed by atoms with van der Waals surface area (Å²) in [6.07, 6.45) is -0.305. The minimum atomic E-state index is -0.921. The van der Waals surface area contributed by atoms with Crippen LogP contribution in [0.5, 0.6) is 0 Å². The fourth-order valence-corrected chi connectivity index (χ4v) is 1.79. The fraction of sp³-hybridized carbons (Fsp3) is 0.333. The average molecular weight is 297 g/mol. The number of methoxy groups -OCH3 is 1. The van der Waals surface area contributed by atoms with Gasteiger partial charge in [0.2, 0.25) is 5.91 Å². The lowest BCUT2D eigenvalue weighted by atomic mass is 10.1. The topological polar surface area (TPSA) is 55.4 Å². The van der Waals surface area contributed by atoms with Crippen molar-refractivity contribution in [3.8, 4) is 0 Å². The molecule has 1 aromatic rings. The molecule has 0 aliphatic rings. The summed E-state index contributed by atoms with van der Waals surface area (Å²) in [5.74, 6) is -2.92. The van der Waals surface area contributed by atoms with Crippen LogP contribution < -0.4 is 5.32 Å². The number of hydrogen-bond donors (Lipinski definition) is 1. The summed E-state index contributed by atoms with van der Waals surface area (Å²) in [6, 6.07) is 2.42. The summed E-state index contributed by atoms with van der Waals surface area (Å²) in [6.45, 7) is 5.35. The second-order valence-corrected chi connectivity index (χ2v) is 4.68. The van der Waals surface area contributed by atoms with Gasteiger partial charge in [0.05, 0.1) is 13.5 Å². The highest BCUT2D eigenvalue weighted by atomic mass is 19.1. The van der Waals surface area contributed by atoms with Crippen LogP contribution in [0.3, 0.4) is 0 Å². The van der Waals surface area contributed by atoms with Crippen molar-refractivity contribution < 1.29 is 23.1 Å². The predicted molar refractivity (Wildman–Crippen MR) is 73.4 cm³/mol. The monoisotopic (exact) mass is 297 g/mol. The number of hydrogen-bond acceptors (Lipinski definition) is 3. The van der Waals surface area contributed by atoms with E-state index in [-0.39, 0.29) is 12.0 Å². The molecule has 0 aliphatic carbocycles. The largest absolute Gasteiger partial charge is 0.467 e. The van der Waals surface area contributed by atoms with Gasteiger partial charge in [0.15, 0.2) is 0 Å². The normalized spacial score (nSPS) is 11.6. The van der Waals surface area contributed by atoms with Crippen molar-refractivity contribution in [3.05, 3.63) is 47.5 Å². The maximum Gasteiger partial charge on any atom is 0.328 e. The van der Waals surface area contributed by atoms with E-state index in [1.807, 2.05) is 0 Å². The minimum absolute atomic E-state index is 0.193. The van der Waals surface area contributed by atoms with Crippen LogP contribution in [0.25, 0.3) is 0 Å². The van der Waals surface area contributed by atoms with Crippen LogP contribution in [0, 0.1) is 11.6 Å². The Morgan fingerprint density at radius 3 is 2.38 bits per heavy atom. The van der Waals surface area contributed by atoms with Gasteiger partial charge in [-0.2, -0.15) is 0 Å². The molecule has 1 amide bonds. The van der Waals surface area contributed by atoms with Gasteiger partial charge < -0.3 is 10.1 Å². The molecule has 1 atom stereocenters. The van der Waals surface area contributed by atoms with Gasteiger partial charge in [-0.05, 0) is 25.5 Å². The standard InChI is InChI=1S/C15H17F2NO3/c1-9(2)7-13(15(20)21-3)18-14(19)8-10-11(16)5-4-6-12(10)17/h4-6,13H,1,7-8H2,2-3H3,(H,18,19)/t13-/m1/s1. The van der Waals surface area contributed by atoms with Crippen molar-refractivity contribution in [1.29, 1.82) is 0 Å². The molecule has 0 aliphatic heterocycles. The summed E-state index contributed by atoms with van der Waals surface area (Å²) in [4.78, 5) is 23.4. The van der Waals surface area contributed by atoms with Gasteiger partial charge in [-0.3, -0.25) is 4.79 Å². The first kappa shape index (κ1) is 16.8. The van der Waals surface area contributed by atoms with Crippen molar-refractivity contribution >= 4 is 11.9 Å². The second-order valence-electron chi connectivity index (χ2n) is 4.68. The molecule has 0 unspecified atom stereocenters. The van der Waals surface area contributed by atoms with Crippen molar-refractivity contribution in [2.75, 3.05) is 7.11 Å². The van der Waals surface area contributed by atoms with E-state index in [4.69, 9.17) is 0 Å². The second kappa shape index (κ2) is 7.52. The molecular formula is C15H17F2NO3. The predicted octanol–water partition coefficient (Wildman–Crippen LogP) is 2.13. The number of ether oxygens (including phenoxy) is 1. The smallest absolute Gasteiger partial charge is 0.328 e. The first-order valence-corrected chi connectivity index (χ1v) is 6.29. The van der Waals surface area contributed by atoms with Gasteiger partial charge in [-0.15, -0.1) is 6.58 Å². The molecule has 4 nitrogen and oxygen atoms in total. The van der Waals surface area contributed by atoms with Crippen molar-refractivity contribution in [2.45, 2.75) is 25.8 Å². The Hall–Kier alpha value is -2.24. The van der Waals surface area contributed by atoms with E-state index < -0.39 is 36.0 Å². The van der Waals surface area contributed by atoms with Gasteiger partial charge in [0.25, 0.3) is 0 Å². The highest BCUT2D eigenvalue weighted by Crippen LogP contribution is 2.13. The molecule has 0 fully saturated rings. The maximum atomic E-state index is 13.5. The van der Waals surface area contributed by atoms with E-state index in [1.165, 1.54) is 13.2 Å². The molecule has 1 rings (SSSR count). The Kier molecular flexibility index (Phi) is 6.02. The number of esters is 1. The van der Waals surface area contributed by atoms with E-state index >= 15 is 0 Å². The van der Waals surface area contributed by atoms with Crippen molar-refractivity contribution in [2.24, 2.45) is 0 Å². The number of amides is 1.